The summed E-state index contributed by atoms with van der Waals surface area (Å²) in [5.74, 6) is 0.350. The van der Waals surface area contributed by atoms with Gasteiger partial charge in [0.1, 0.15) is 5.82 Å². The van der Waals surface area contributed by atoms with Crippen LogP contribution < -0.4 is 11.0 Å². The summed E-state index contributed by atoms with van der Waals surface area (Å²) in [7, 11) is 1.85. The molecule has 35 heavy (non-hydrogen) atoms. The number of nitrogens with zero attached hydrogens (tertiary/aromatic N) is 5. The predicted octanol–water partition coefficient (Wildman–Crippen LogP) is 4.76. The van der Waals surface area contributed by atoms with Crippen molar-refractivity contribution >= 4 is 28.3 Å². The molecule has 1 aliphatic heterocycles. The van der Waals surface area contributed by atoms with E-state index in [-0.39, 0.29) is 11.4 Å². The molecule has 0 fully saturated rings. The summed E-state index contributed by atoms with van der Waals surface area (Å²) in [5, 5.41) is 5.15. The number of rotatable bonds is 4. The summed E-state index contributed by atoms with van der Waals surface area (Å²) in [6, 6.07) is 18.0. The third-order valence-corrected chi connectivity index (χ3v) is 7.07. The molecular weight excluding hydrogens is 463 g/mol. The molecule has 0 amide bonds. The lowest BCUT2D eigenvalue weighted by atomic mass is 10.1. The number of benzene rings is 2. The first-order valence-electron chi connectivity index (χ1n) is 11.2. The van der Waals surface area contributed by atoms with Gasteiger partial charge in [-0.05, 0) is 63.2 Å². The molecule has 1 aliphatic rings. The third kappa shape index (κ3) is 4.12. The van der Waals surface area contributed by atoms with E-state index in [1.807, 2.05) is 62.8 Å². The summed E-state index contributed by atoms with van der Waals surface area (Å²) in [6.45, 7) is 5.93. The average Bonchev–Trinajstić information content (AvgIpc) is 3.27. The van der Waals surface area contributed by atoms with Crippen LogP contribution in [0, 0.1) is 26.6 Å². The van der Waals surface area contributed by atoms with E-state index in [2.05, 4.69) is 26.2 Å². The number of amidine groups is 1. The zero-order valence-electron chi connectivity index (χ0n) is 19.9. The zero-order chi connectivity index (χ0) is 24.7. The number of hydrogen-bond donors (Lipinski definition) is 1. The van der Waals surface area contributed by atoms with Gasteiger partial charge in [0.15, 0.2) is 10.9 Å². The number of aromatic nitrogens is 3. The molecular formula is C26H25FN6OS. The molecule has 0 radical (unpaired) electrons. The first kappa shape index (κ1) is 22.9. The van der Waals surface area contributed by atoms with Crippen molar-refractivity contribution < 1.29 is 4.39 Å². The maximum atomic E-state index is 13.4. The molecule has 9 heteroatoms. The monoisotopic (exact) mass is 488 g/mol. The Labute approximate surface area is 206 Å². The summed E-state index contributed by atoms with van der Waals surface area (Å²) < 4.78 is 18.9. The largest absolute Gasteiger partial charge is 0.318 e. The number of aryl methyl sites for hydroxylation is 1. The molecule has 1 N–H and O–H groups in total. The van der Waals surface area contributed by atoms with Crippen LogP contribution in [0.25, 0.3) is 11.4 Å². The molecule has 2 aromatic carbocycles. The number of hydrazone groups is 1. The van der Waals surface area contributed by atoms with Gasteiger partial charge < -0.3 is 4.57 Å². The molecule has 178 valence electrons. The minimum absolute atomic E-state index is 0.177. The van der Waals surface area contributed by atoms with E-state index >= 15 is 0 Å². The van der Waals surface area contributed by atoms with Crippen molar-refractivity contribution in [2.75, 3.05) is 5.75 Å². The lowest BCUT2D eigenvalue weighted by molar-refractivity contribution is 0.627. The van der Waals surface area contributed by atoms with E-state index in [0.717, 1.165) is 39.7 Å². The van der Waals surface area contributed by atoms with E-state index in [9.17, 15) is 9.18 Å². The molecule has 0 saturated heterocycles. The second-order valence-electron chi connectivity index (χ2n) is 8.38. The van der Waals surface area contributed by atoms with Gasteiger partial charge in [0.2, 0.25) is 0 Å². The molecule has 0 unspecified atom stereocenters. The average molecular weight is 489 g/mol. The van der Waals surface area contributed by atoms with Crippen molar-refractivity contribution in [3.63, 3.8) is 0 Å². The van der Waals surface area contributed by atoms with Gasteiger partial charge in [-0.15, -0.1) is 0 Å². The minimum atomic E-state index is -0.260. The summed E-state index contributed by atoms with van der Waals surface area (Å²) >= 11 is 1.50. The Bertz CT molecular complexity index is 1530. The molecule has 0 bridgehead atoms. The van der Waals surface area contributed by atoms with Crippen LogP contribution in [0.4, 0.5) is 10.1 Å². The SMILES string of the molecule is Cc1cc(C2=NNC(=Nc3c(C)n(C)n(-c4ccccc4)c3=O)SC2)c(C)n1-c1ccc(F)cc1. The molecule has 0 spiro atoms. The Kier molecular flexibility index (Phi) is 5.94. The van der Waals surface area contributed by atoms with Gasteiger partial charge in [0.05, 0.1) is 17.1 Å². The fourth-order valence-corrected chi connectivity index (χ4v) is 5.10. The number of nitrogens with one attached hydrogen (secondary N) is 1. The van der Waals surface area contributed by atoms with Crippen LogP contribution in [-0.2, 0) is 7.05 Å². The number of hydrogen-bond acceptors (Lipinski definition) is 4. The van der Waals surface area contributed by atoms with Gasteiger partial charge in [-0.1, -0.05) is 30.0 Å². The summed E-state index contributed by atoms with van der Waals surface area (Å²) in [5.41, 5.74) is 9.68. The smallest absolute Gasteiger partial charge is 0.297 e. The van der Waals surface area contributed by atoms with E-state index in [4.69, 9.17) is 0 Å². The lowest BCUT2D eigenvalue weighted by Crippen LogP contribution is -2.26. The Balaban J connectivity index is 1.44. The highest BCUT2D eigenvalue weighted by molar-refractivity contribution is 8.14. The summed E-state index contributed by atoms with van der Waals surface area (Å²) in [6.07, 6.45) is 0. The van der Waals surface area contributed by atoms with Gasteiger partial charge in [-0.3, -0.25) is 14.9 Å². The van der Waals surface area contributed by atoms with Crippen molar-refractivity contribution in [1.82, 2.24) is 19.4 Å². The van der Waals surface area contributed by atoms with Crippen LogP contribution >= 0.6 is 11.8 Å². The van der Waals surface area contributed by atoms with Gasteiger partial charge in [0.25, 0.3) is 5.56 Å². The zero-order valence-corrected chi connectivity index (χ0v) is 20.7. The Hall–Kier alpha value is -3.85. The van der Waals surface area contributed by atoms with Crippen molar-refractivity contribution in [3.8, 4) is 11.4 Å². The predicted molar refractivity (Wildman–Crippen MR) is 140 cm³/mol. The first-order chi connectivity index (χ1) is 16.8. The highest BCUT2D eigenvalue weighted by atomic mass is 32.2. The lowest BCUT2D eigenvalue weighted by Gasteiger charge is -2.15. The number of thioether (sulfide) groups is 1. The minimum Gasteiger partial charge on any atom is -0.318 e. The van der Waals surface area contributed by atoms with Crippen molar-refractivity contribution in [3.05, 3.63) is 99.5 Å². The Morgan fingerprint density at radius 3 is 2.37 bits per heavy atom. The van der Waals surface area contributed by atoms with Crippen molar-refractivity contribution in [2.45, 2.75) is 20.8 Å². The number of para-hydroxylation sites is 1. The molecule has 3 heterocycles. The molecule has 7 nitrogen and oxygen atoms in total. The van der Waals surface area contributed by atoms with Crippen LogP contribution in [0.15, 0.2) is 75.6 Å². The highest BCUT2D eigenvalue weighted by Gasteiger charge is 2.21. The number of aliphatic imine (C=N–C) groups is 1. The Morgan fingerprint density at radius 1 is 1.00 bits per heavy atom. The third-order valence-electron chi connectivity index (χ3n) is 6.20. The van der Waals surface area contributed by atoms with Gasteiger partial charge in [-0.2, -0.15) is 5.10 Å². The maximum absolute atomic E-state index is 13.4. The quantitative estimate of drug-likeness (QED) is 0.450. The molecule has 0 saturated carbocycles. The van der Waals surface area contributed by atoms with Crippen LogP contribution in [0.2, 0.25) is 0 Å². The fourth-order valence-electron chi connectivity index (χ4n) is 4.34. The van der Waals surface area contributed by atoms with E-state index in [0.29, 0.717) is 16.6 Å². The van der Waals surface area contributed by atoms with Crippen molar-refractivity contribution in [2.24, 2.45) is 17.1 Å². The summed E-state index contributed by atoms with van der Waals surface area (Å²) in [4.78, 5) is 17.8. The first-order valence-corrected chi connectivity index (χ1v) is 12.2. The van der Waals surface area contributed by atoms with Crippen LogP contribution in [0.3, 0.4) is 0 Å². The number of halogens is 1. The molecule has 0 atom stereocenters. The maximum Gasteiger partial charge on any atom is 0.297 e. The normalized spacial score (nSPS) is 14.8. The highest BCUT2D eigenvalue weighted by Crippen LogP contribution is 2.25. The van der Waals surface area contributed by atoms with Gasteiger partial charge in [-0.25, -0.2) is 14.1 Å². The molecule has 5 rings (SSSR count). The standard InChI is InChI=1S/C26H25FN6OS/c1-16-14-22(17(2)32(16)20-12-10-19(27)11-13-20)23-15-35-26(30-29-23)28-24-18(3)31(4)33(25(24)34)21-8-6-5-7-9-21/h5-14H,15H2,1-4H3,(H,28,30). The van der Waals surface area contributed by atoms with Crippen LogP contribution in [0.1, 0.15) is 22.6 Å². The second kappa shape index (κ2) is 9.07. The van der Waals surface area contributed by atoms with E-state index < -0.39 is 0 Å². The van der Waals surface area contributed by atoms with Crippen LogP contribution in [-0.4, -0.2) is 30.6 Å². The topological polar surface area (TPSA) is 68.6 Å². The van der Waals surface area contributed by atoms with Gasteiger partial charge >= 0.3 is 0 Å². The van der Waals surface area contributed by atoms with Gasteiger partial charge in [0, 0.05) is 35.4 Å². The molecule has 0 aliphatic carbocycles. The van der Waals surface area contributed by atoms with Crippen molar-refractivity contribution in [1.29, 1.82) is 0 Å². The van der Waals surface area contributed by atoms with Crippen LogP contribution in [0.5, 0.6) is 0 Å². The molecule has 2 aromatic heterocycles. The van der Waals surface area contributed by atoms with E-state index in [1.54, 1.807) is 16.8 Å². The Morgan fingerprint density at radius 2 is 1.71 bits per heavy atom. The van der Waals surface area contributed by atoms with E-state index in [1.165, 1.54) is 23.9 Å². The second-order valence-corrected chi connectivity index (χ2v) is 9.35. The fraction of sp³-hybridized carbons (Fsp3) is 0.192. The molecule has 4 aromatic rings.